The highest BCUT2D eigenvalue weighted by Crippen LogP contribution is 2.11. The fraction of sp³-hybridized carbons (Fsp3) is 0.143. The van der Waals surface area contributed by atoms with Gasteiger partial charge in [-0.2, -0.15) is 0 Å². The molecule has 0 radical (unpaired) electrons. The van der Waals surface area contributed by atoms with Crippen LogP contribution in [0.1, 0.15) is 15.9 Å². The van der Waals surface area contributed by atoms with Crippen LogP contribution in [0.4, 0.5) is 4.39 Å². The van der Waals surface area contributed by atoms with E-state index in [1.165, 1.54) is 29.3 Å². The summed E-state index contributed by atoms with van der Waals surface area (Å²) in [6.07, 6.45) is 1.46. The molecule has 2 aromatic rings. The van der Waals surface area contributed by atoms with Gasteiger partial charge in [0.2, 0.25) is 0 Å². The van der Waals surface area contributed by atoms with Gasteiger partial charge in [0.15, 0.2) is 0 Å². The summed E-state index contributed by atoms with van der Waals surface area (Å²) in [6.45, 7) is 0.225. The maximum Gasteiger partial charge on any atom is 0.260 e. The fourth-order valence-corrected chi connectivity index (χ4v) is 2.15. The topological polar surface area (TPSA) is 53.2 Å². The van der Waals surface area contributed by atoms with Gasteiger partial charge in [0.25, 0.3) is 11.5 Å². The van der Waals surface area contributed by atoms with Gasteiger partial charge >= 0.3 is 0 Å². The van der Waals surface area contributed by atoms with Crippen LogP contribution in [0.5, 0.6) is 0 Å². The number of nitrogens with one attached hydrogen (secondary N) is 1. The first-order valence-electron chi connectivity index (χ1n) is 5.85. The van der Waals surface area contributed by atoms with E-state index in [9.17, 15) is 14.0 Å². The van der Waals surface area contributed by atoms with E-state index >= 15 is 0 Å². The molecule has 0 spiro atoms. The number of aromatic amines is 1. The van der Waals surface area contributed by atoms with E-state index in [1.54, 1.807) is 19.2 Å². The Morgan fingerprint density at radius 1 is 1.40 bits per heavy atom. The van der Waals surface area contributed by atoms with Gasteiger partial charge in [0.05, 0.1) is 0 Å². The highest BCUT2D eigenvalue weighted by Gasteiger charge is 2.16. The first kappa shape index (κ1) is 14.5. The van der Waals surface area contributed by atoms with Gasteiger partial charge in [-0.1, -0.05) is 12.1 Å². The molecule has 1 amide bonds. The Morgan fingerprint density at radius 2 is 2.15 bits per heavy atom. The fourth-order valence-electron chi connectivity index (χ4n) is 1.80. The van der Waals surface area contributed by atoms with Crippen molar-refractivity contribution in [1.29, 1.82) is 0 Å². The molecule has 0 aliphatic heterocycles. The van der Waals surface area contributed by atoms with Crippen molar-refractivity contribution in [3.8, 4) is 0 Å². The van der Waals surface area contributed by atoms with Gasteiger partial charge in [-0.3, -0.25) is 9.59 Å². The number of carbonyl (C=O) groups is 1. The third-order valence-electron chi connectivity index (χ3n) is 2.75. The number of nitrogens with zero attached hydrogens (tertiary/aromatic N) is 1. The van der Waals surface area contributed by atoms with Crippen LogP contribution in [0, 0.1) is 5.82 Å². The van der Waals surface area contributed by atoms with Crippen molar-refractivity contribution in [2.45, 2.75) is 6.54 Å². The Bertz CT molecular complexity index is 700. The molecule has 0 saturated carbocycles. The molecule has 4 nitrogen and oxygen atoms in total. The number of pyridine rings is 1. The SMILES string of the molecule is CN(Cc1cccc(F)c1)C(=O)c1cc(Br)c[nH]c1=O. The Balaban J connectivity index is 2.20. The smallest absolute Gasteiger partial charge is 0.260 e. The van der Waals surface area contributed by atoms with Crippen molar-refractivity contribution < 1.29 is 9.18 Å². The second-order valence-corrected chi connectivity index (χ2v) is 5.27. The number of amides is 1. The number of carbonyl (C=O) groups excluding carboxylic acids is 1. The molecular formula is C14H12BrFN2O2. The van der Waals surface area contributed by atoms with E-state index in [0.29, 0.717) is 10.0 Å². The maximum absolute atomic E-state index is 13.1. The van der Waals surface area contributed by atoms with E-state index in [4.69, 9.17) is 0 Å². The van der Waals surface area contributed by atoms with E-state index in [1.807, 2.05) is 0 Å². The van der Waals surface area contributed by atoms with Crippen molar-refractivity contribution in [1.82, 2.24) is 9.88 Å². The molecule has 0 bridgehead atoms. The standard InChI is InChI=1S/C14H12BrFN2O2/c1-18(8-9-3-2-4-11(16)5-9)14(20)12-6-10(15)7-17-13(12)19/h2-7H,8H2,1H3,(H,17,19). The average Bonchev–Trinajstić information content (AvgIpc) is 2.40. The van der Waals surface area contributed by atoms with Crippen molar-refractivity contribution in [3.63, 3.8) is 0 Å². The second kappa shape index (κ2) is 6.00. The molecule has 0 unspecified atom stereocenters. The van der Waals surface area contributed by atoms with Crippen LogP contribution in [-0.2, 0) is 6.54 Å². The molecule has 0 aliphatic rings. The molecule has 2 rings (SSSR count). The third kappa shape index (κ3) is 3.33. The molecule has 6 heteroatoms. The zero-order valence-electron chi connectivity index (χ0n) is 10.7. The lowest BCUT2D eigenvalue weighted by Gasteiger charge is -2.17. The summed E-state index contributed by atoms with van der Waals surface area (Å²) >= 11 is 3.20. The lowest BCUT2D eigenvalue weighted by atomic mass is 10.2. The first-order chi connectivity index (χ1) is 9.47. The molecule has 0 aliphatic carbocycles. The van der Waals surface area contributed by atoms with Crippen LogP contribution in [0.2, 0.25) is 0 Å². The van der Waals surface area contributed by atoms with Gasteiger partial charge in [-0.05, 0) is 39.7 Å². The van der Waals surface area contributed by atoms with Crippen molar-refractivity contribution in [3.05, 3.63) is 68.3 Å². The van der Waals surface area contributed by atoms with Crippen LogP contribution < -0.4 is 5.56 Å². The summed E-state index contributed by atoms with van der Waals surface area (Å²) in [4.78, 5) is 27.7. The van der Waals surface area contributed by atoms with Gasteiger partial charge in [-0.25, -0.2) is 4.39 Å². The Hall–Kier alpha value is -1.95. The third-order valence-corrected chi connectivity index (χ3v) is 3.21. The quantitative estimate of drug-likeness (QED) is 0.934. The molecule has 1 heterocycles. The number of aromatic nitrogens is 1. The molecule has 0 saturated heterocycles. The Kier molecular flexibility index (Phi) is 4.34. The summed E-state index contributed by atoms with van der Waals surface area (Å²) in [5.74, 6) is -0.777. The summed E-state index contributed by atoms with van der Waals surface area (Å²) in [5, 5.41) is 0. The summed E-state index contributed by atoms with van der Waals surface area (Å²) in [7, 11) is 1.56. The van der Waals surface area contributed by atoms with Gasteiger partial charge in [-0.15, -0.1) is 0 Å². The monoisotopic (exact) mass is 338 g/mol. The second-order valence-electron chi connectivity index (χ2n) is 4.35. The maximum atomic E-state index is 13.1. The number of benzene rings is 1. The predicted octanol–water partition coefficient (Wildman–Crippen LogP) is 2.55. The molecule has 1 aromatic carbocycles. The number of hydrogen-bond acceptors (Lipinski definition) is 2. The van der Waals surface area contributed by atoms with E-state index < -0.39 is 11.5 Å². The Labute approximate surface area is 123 Å². The highest BCUT2D eigenvalue weighted by molar-refractivity contribution is 9.10. The van der Waals surface area contributed by atoms with Crippen LogP contribution >= 0.6 is 15.9 Å². The van der Waals surface area contributed by atoms with Gasteiger partial charge in [0.1, 0.15) is 11.4 Å². The van der Waals surface area contributed by atoms with E-state index in [-0.39, 0.29) is 17.9 Å². The number of hydrogen-bond donors (Lipinski definition) is 1. The highest BCUT2D eigenvalue weighted by atomic mass is 79.9. The summed E-state index contributed by atoms with van der Waals surface area (Å²) < 4.78 is 13.7. The summed E-state index contributed by atoms with van der Waals surface area (Å²) in [6, 6.07) is 7.45. The lowest BCUT2D eigenvalue weighted by molar-refractivity contribution is 0.0783. The Morgan fingerprint density at radius 3 is 2.85 bits per heavy atom. The molecule has 0 atom stereocenters. The largest absolute Gasteiger partial charge is 0.337 e. The average molecular weight is 339 g/mol. The molecule has 1 aromatic heterocycles. The van der Waals surface area contributed by atoms with Crippen molar-refractivity contribution in [2.75, 3.05) is 7.05 Å². The van der Waals surface area contributed by atoms with Crippen molar-refractivity contribution >= 4 is 21.8 Å². The minimum absolute atomic E-state index is 0.0401. The number of H-pyrrole nitrogens is 1. The van der Waals surface area contributed by atoms with E-state index in [2.05, 4.69) is 20.9 Å². The normalized spacial score (nSPS) is 10.3. The molecular weight excluding hydrogens is 327 g/mol. The van der Waals surface area contributed by atoms with Crippen molar-refractivity contribution in [2.24, 2.45) is 0 Å². The zero-order valence-corrected chi connectivity index (χ0v) is 12.3. The zero-order chi connectivity index (χ0) is 14.7. The van der Waals surface area contributed by atoms with E-state index in [0.717, 1.165) is 0 Å². The number of rotatable bonds is 3. The molecule has 0 fully saturated rings. The first-order valence-corrected chi connectivity index (χ1v) is 6.65. The summed E-state index contributed by atoms with van der Waals surface area (Å²) in [5.41, 5.74) is 0.245. The lowest BCUT2D eigenvalue weighted by Crippen LogP contribution is -2.31. The molecule has 1 N–H and O–H groups in total. The van der Waals surface area contributed by atoms with Crippen LogP contribution in [0.15, 0.2) is 45.8 Å². The van der Waals surface area contributed by atoms with Gasteiger partial charge < -0.3 is 9.88 Å². The predicted molar refractivity (Wildman–Crippen MR) is 77.0 cm³/mol. The number of halogens is 2. The molecule has 104 valence electrons. The van der Waals surface area contributed by atoms with Crippen LogP contribution in [0.25, 0.3) is 0 Å². The minimum Gasteiger partial charge on any atom is -0.337 e. The van der Waals surface area contributed by atoms with Crippen LogP contribution in [-0.4, -0.2) is 22.8 Å². The minimum atomic E-state index is -0.454. The van der Waals surface area contributed by atoms with Gasteiger partial charge in [0, 0.05) is 24.3 Å². The molecule has 20 heavy (non-hydrogen) atoms. The van der Waals surface area contributed by atoms with Crippen LogP contribution in [0.3, 0.4) is 0 Å².